The maximum atomic E-state index is 13.3. The van der Waals surface area contributed by atoms with Crippen LogP contribution in [0.15, 0.2) is 18.2 Å². The molecule has 0 aliphatic rings. The van der Waals surface area contributed by atoms with Crippen molar-refractivity contribution in [3.8, 4) is 17.6 Å². The highest BCUT2D eigenvalue weighted by Gasteiger charge is 2.06. The highest BCUT2D eigenvalue weighted by Crippen LogP contribution is 2.20. The summed E-state index contributed by atoms with van der Waals surface area (Å²) in [5, 5.41) is 11.5. The Hall–Kier alpha value is -2.13. The molecule has 0 radical (unpaired) electrons. The SMILES string of the molecule is Cn1nnc(COc2cc(F)ccc2C#CCCCl)n1. The molecule has 0 saturated heterocycles. The third-order valence-corrected chi connectivity index (χ3v) is 2.48. The molecule has 1 heterocycles. The molecular weight excluding hydrogens is 283 g/mol. The van der Waals surface area contributed by atoms with Gasteiger partial charge < -0.3 is 4.74 Å². The fourth-order valence-corrected chi connectivity index (χ4v) is 1.54. The van der Waals surface area contributed by atoms with Gasteiger partial charge in [-0.25, -0.2) is 4.39 Å². The van der Waals surface area contributed by atoms with E-state index in [4.69, 9.17) is 16.3 Å². The minimum absolute atomic E-state index is 0.0987. The Bertz CT molecular complexity index is 647. The second kappa shape index (κ2) is 6.87. The number of nitrogens with zero attached hydrogens (tertiary/aromatic N) is 4. The summed E-state index contributed by atoms with van der Waals surface area (Å²) >= 11 is 5.56. The Morgan fingerprint density at radius 1 is 1.45 bits per heavy atom. The number of ether oxygens (including phenoxy) is 1. The van der Waals surface area contributed by atoms with Crippen molar-refractivity contribution in [3.05, 3.63) is 35.4 Å². The number of aromatic nitrogens is 4. The minimum atomic E-state index is -0.394. The van der Waals surface area contributed by atoms with E-state index in [9.17, 15) is 4.39 Å². The van der Waals surface area contributed by atoms with Crippen molar-refractivity contribution in [3.63, 3.8) is 0 Å². The lowest BCUT2D eigenvalue weighted by Gasteiger charge is -2.06. The summed E-state index contributed by atoms with van der Waals surface area (Å²) in [7, 11) is 1.65. The van der Waals surface area contributed by atoms with E-state index in [1.807, 2.05) is 0 Å². The van der Waals surface area contributed by atoms with Crippen molar-refractivity contribution >= 4 is 11.6 Å². The van der Waals surface area contributed by atoms with Crippen LogP contribution in [0, 0.1) is 17.7 Å². The van der Waals surface area contributed by atoms with Crippen molar-refractivity contribution in [2.24, 2.45) is 7.05 Å². The van der Waals surface area contributed by atoms with Crippen LogP contribution in [-0.2, 0) is 13.7 Å². The molecule has 2 rings (SSSR count). The standard InChI is InChI=1S/C13H12ClFN4O/c1-19-17-13(16-18-19)9-20-12-8-11(15)6-5-10(12)4-2-3-7-14/h5-6,8H,3,7,9H2,1H3. The van der Waals surface area contributed by atoms with E-state index in [1.54, 1.807) is 13.1 Å². The summed E-state index contributed by atoms with van der Waals surface area (Å²) in [6.07, 6.45) is 0.560. The van der Waals surface area contributed by atoms with Gasteiger partial charge in [-0.15, -0.1) is 21.8 Å². The highest BCUT2D eigenvalue weighted by molar-refractivity contribution is 6.18. The van der Waals surface area contributed by atoms with E-state index in [1.165, 1.54) is 16.9 Å². The molecule has 0 saturated carbocycles. The molecule has 0 aliphatic carbocycles. The number of benzene rings is 1. The lowest BCUT2D eigenvalue weighted by Crippen LogP contribution is -2.01. The Labute approximate surface area is 120 Å². The fraction of sp³-hybridized carbons (Fsp3) is 0.308. The third-order valence-electron chi connectivity index (χ3n) is 2.29. The average Bonchev–Trinajstić information content (AvgIpc) is 2.84. The average molecular weight is 295 g/mol. The topological polar surface area (TPSA) is 52.8 Å². The fourth-order valence-electron chi connectivity index (χ4n) is 1.45. The molecule has 20 heavy (non-hydrogen) atoms. The number of aryl methyl sites for hydroxylation is 1. The smallest absolute Gasteiger partial charge is 0.212 e. The second-order valence-corrected chi connectivity index (χ2v) is 4.24. The van der Waals surface area contributed by atoms with E-state index in [0.717, 1.165) is 0 Å². The summed E-state index contributed by atoms with van der Waals surface area (Å²) in [6.45, 7) is 0.0987. The second-order valence-electron chi connectivity index (χ2n) is 3.87. The van der Waals surface area contributed by atoms with E-state index in [-0.39, 0.29) is 6.61 Å². The zero-order valence-corrected chi connectivity index (χ0v) is 11.6. The molecule has 0 amide bonds. The lowest BCUT2D eigenvalue weighted by atomic mass is 10.2. The molecule has 0 unspecified atom stereocenters. The van der Waals surface area contributed by atoms with E-state index in [0.29, 0.717) is 29.4 Å². The number of tetrazole rings is 1. The minimum Gasteiger partial charge on any atom is -0.484 e. The summed E-state index contributed by atoms with van der Waals surface area (Å²) in [5.41, 5.74) is 0.598. The van der Waals surface area contributed by atoms with Gasteiger partial charge in [0, 0.05) is 18.4 Å². The molecule has 0 spiro atoms. The van der Waals surface area contributed by atoms with Crippen molar-refractivity contribution < 1.29 is 9.13 Å². The van der Waals surface area contributed by atoms with E-state index >= 15 is 0 Å². The van der Waals surface area contributed by atoms with Crippen LogP contribution in [0.2, 0.25) is 0 Å². The van der Waals surface area contributed by atoms with Crippen LogP contribution in [0.4, 0.5) is 4.39 Å². The number of alkyl halides is 1. The lowest BCUT2D eigenvalue weighted by molar-refractivity contribution is 0.293. The van der Waals surface area contributed by atoms with Gasteiger partial charge in [0.05, 0.1) is 12.6 Å². The molecule has 104 valence electrons. The highest BCUT2D eigenvalue weighted by atomic mass is 35.5. The van der Waals surface area contributed by atoms with Gasteiger partial charge in [-0.2, -0.15) is 4.80 Å². The number of halogens is 2. The van der Waals surface area contributed by atoms with Gasteiger partial charge in [0.2, 0.25) is 5.82 Å². The summed E-state index contributed by atoms with van der Waals surface area (Å²) < 4.78 is 18.8. The van der Waals surface area contributed by atoms with Gasteiger partial charge in [0.25, 0.3) is 0 Å². The predicted octanol–water partition coefficient (Wildman–Crippen LogP) is 1.91. The molecule has 0 fully saturated rings. The first-order valence-corrected chi connectivity index (χ1v) is 6.42. The van der Waals surface area contributed by atoms with Crippen LogP contribution in [0.5, 0.6) is 5.75 Å². The van der Waals surface area contributed by atoms with Crippen molar-refractivity contribution in [1.82, 2.24) is 20.2 Å². The largest absolute Gasteiger partial charge is 0.484 e. The summed E-state index contributed by atoms with van der Waals surface area (Å²) in [4.78, 5) is 1.32. The van der Waals surface area contributed by atoms with Crippen LogP contribution in [-0.4, -0.2) is 26.1 Å². The van der Waals surface area contributed by atoms with Gasteiger partial charge in [-0.3, -0.25) is 0 Å². The maximum absolute atomic E-state index is 13.3. The van der Waals surface area contributed by atoms with E-state index < -0.39 is 5.82 Å². The summed E-state index contributed by atoms with van der Waals surface area (Å²) in [5.74, 6) is 6.60. The van der Waals surface area contributed by atoms with Crippen LogP contribution < -0.4 is 4.74 Å². The van der Waals surface area contributed by atoms with Gasteiger partial charge in [-0.1, -0.05) is 11.8 Å². The molecule has 0 N–H and O–H groups in total. The quantitative estimate of drug-likeness (QED) is 0.638. The first-order chi connectivity index (χ1) is 9.69. The molecule has 5 nitrogen and oxygen atoms in total. The molecule has 2 aromatic rings. The Kier molecular flexibility index (Phi) is 4.91. The van der Waals surface area contributed by atoms with Crippen molar-refractivity contribution in [2.45, 2.75) is 13.0 Å². The van der Waals surface area contributed by atoms with Gasteiger partial charge in [0.1, 0.15) is 11.6 Å². The molecule has 1 aromatic heterocycles. The molecule has 0 aliphatic heterocycles. The first-order valence-electron chi connectivity index (χ1n) is 5.89. The van der Waals surface area contributed by atoms with Gasteiger partial charge >= 0.3 is 0 Å². The zero-order chi connectivity index (χ0) is 14.4. The van der Waals surface area contributed by atoms with Crippen LogP contribution in [0.3, 0.4) is 0 Å². The zero-order valence-electron chi connectivity index (χ0n) is 10.8. The molecule has 1 aromatic carbocycles. The van der Waals surface area contributed by atoms with Gasteiger partial charge in [-0.05, 0) is 17.3 Å². The van der Waals surface area contributed by atoms with Crippen LogP contribution in [0.1, 0.15) is 17.8 Å². The van der Waals surface area contributed by atoms with Crippen LogP contribution >= 0.6 is 11.6 Å². The molecule has 0 bridgehead atoms. The molecule has 7 heteroatoms. The van der Waals surface area contributed by atoms with Crippen molar-refractivity contribution in [2.75, 3.05) is 5.88 Å². The first kappa shape index (κ1) is 14.3. The molecule has 0 atom stereocenters. The molecular formula is C13H12ClFN4O. The van der Waals surface area contributed by atoms with Crippen LogP contribution in [0.25, 0.3) is 0 Å². The Balaban J connectivity index is 2.13. The third kappa shape index (κ3) is 3.93. The number of hydrogen-bond acceptors (Lipinski definition) is 4. The predicted molar refractivity (Wildman–Crippen MR) is 71.7 cm³/mol. The Morgan fingerprint density at radius 2 is 2.30 bits per heavy atom. The summed E-state index contributed by atoms with van der Waals surface area (Å²) in [6, 6.07) is 4.18. The maximum Gasteiger partial charge on any atom is 0.212 e. The normalized spacial score (nSPS) is 9.95. The van der Waals surface area contributed by atoms with Crippen molar-refractivity contribution in [1.29, 1.82) is 0 Å². The number of hydrogen-bond donors (Lipinski definition) is 0. The monoisotopic (exact) mass is 294 g/mol. The Morgan fingerprint density at radius 3 is 3.00 bits per heavy atom. The number of rotatable bonds is 4. The van der Waals surface area contributed by atoms with Gasteiger partial charge in [0.15, 0.2) is 6.61 Å². The van der Waals surface area contributed by atoms with E-state index in [2.05, 4.69) is 27.3 Å².